The van der Waals surface area contributed by atoms with Crippen LogP contribution in [-0.2, 0) is 0 Å². The number of furan rings is 1. The van der Waals surface area contributed by atoms with Crippen molar-refractivity contribution in [3.63, 3.8) is 0 Å². The van der Waals surface area contributed by atoms with Gasteiger partial charge in [0, 0.05) is 14.1 Å². The zero-order valence-electron chi connectivity index (χ0n) is 12.9. The van der Waals surface area contributed by atoms with Crippen LogP contribution in [0.15, 0.2) is 40.8 Å². The number of carbonyl (C=O) groups is 1. The standard InChI is InChI=1S/C17H21NO3/c1-12(2)11-20-14-8-6-5-7-13(14)15-9-10-16(21-15)17(19)18(3)4/h5-10,12H,11H2,1-4H3. The van der Waals surface area contributed by atoms with E-state index in [1.807, 2.05) is 24.3 Å². The van der Waals surface area contributed by atoms with Gasteiger partial charge in [0.05, 0.1) is 12.2 Å². The van der Waals surface area contributed by atoms with Gasteiger partial charge in [-0.2, -0.15) is 0 Å². The molecule has 1 aromatic heterocycles. The molecular formula is C17H21NO3. The summed E-state index contributed by atoms with van der Waals surface area (Å²) in [4.78, 5) is 13.4. The highest BCUT2D eigenvalue weighted by molar-refractivity contribution is 5.91. The second-order valence-electron chi connectivity index (χ2n) is 5.56. The van der Waals surface area contributed by atoms with E-state index in [9.17, 15) is 4.79 Å². The number of carbonyl (C=O) groups excluding carboxylic acids is 1. The molecule has 112 valence electrons. The average Bonchev–Trinajstić information content (AvgIpc) is 2.94. The van der Waals surface area contributed by atoms with Gasteiger partial charge in [-0.05, 0) is 30.2 Å². The summed E-state index contributed by atoms with van der Waals surface area (Å²) in [5.41, 5.74) is 0.857. The van der Waals surface area contributed by atoms with Crippen molar-refractivity contribution in [3.8, 4) is 17.1 Å². The van der Waals surface area contributed by atoms with Gasteiger partial charge in [0.2, 0.25) is 0 Å². The first-order chi connectivity index (χ1) is 9.99. The predicted molar refractivity (Wildman–Crippen MR) is 82.5 cm³/mol. The molecule has 21 heavy (non-hydrogen) atoms. The van der Waals surface area contributed by atoms with Gasteiger partial charge in [-0.1, -0.05) is 26.0 Å². The summed E-state index contributed by atoms with van der Waals surface area (Å²) >= 11 is 0. The Morgan fingerprint density at radius 2 is 1.90 bits per heavy atom. The van der Waals surface area contributed by atoms with Crippen LogP contribution in [-0.4, -0.2) is 31.5 Å². The lowest BCUT2D eigenvalue weighted by atomic mass is 10.1. The number of hydrogen-bond donors (Lipinski definition) is 0. The van der Waals surface area contributed by atoms with E-state index in [0.717, 1.165) is 11.3 Å². The third-order valence-electron chi connectivity index (χ3n) is 2.95. The zero-order valence-corrected chi connectivity index (χ0v) is 12.9. The monoisotopic (exact) mass is 287 g/mol. The Hall–Kier alpha value is -2.23. The average molecular weight is 287 g/mol. The summed E-state index contributed by atoms with van der Waals surface area (Å²) in [6, 6.07) is 11.2. The van der Waals surface area contributed by atoms with Crippen molar-refractivity contribution in [3.05, 3.63) is 42.2 Å². The maximum Gasteiger partial charge on any atom is 0.289 e. The SMILES string of the molecule is CC(C)COc1ccccc1-c1ccc(C(=O)N(C)C)o1. The van der Waals surface area contributed by atoms with Crippen molar-refractivity contribution >= 4 is 5.91 Å². The fraction of sp³-hybridized carbons (Fsp3) is 0.353. The van der Waals surface area contributed by atoms with Crippen LogP contribution in [0.2, 0.25) is 0 Å². The molecule has 1 aromatic carbocycles. The van der Waals surface area contributed by atoms with Crippen molar-refractivity contribution in [2.24, 2.45) is 5.92 Å². The smallest absolute Gasteiger partial charge is 0.289 e. The molecule has 0 aliphatic carbocycles. The van der Waals surface area contributed by atoms with Crippen molar-refractivity contribution < 1.29 is 13.9 Å². The van der Waals surface area contributed by atoms with E-state index in [0.29, 0.717) is 24.0 Å². The molecular weight excluding hydrogens is 266 g/mol. The largest absolute Gasteiger partial charge is 0.493 e. The first-order valence-corrected chi connectivity index (χ1v) is 7.02. The molecule has 0 unspecified atom stereocenters. The maximum absolute atomic E-state index is 11.9. The fourth-order valence-electron chi connectivity index (χ4n) is 1.87. The second kappa shape index (κ2) is 6.48. The van der Waals surface area contributed by atoms with Gasteiger partial charge in [-0.3, -0.25) is 4.79 Å². The topological polar surface area (TPSA) is 42.7 Å². The Labute approximate surface area is 125 Å². The molecule has 0 saturated carbocycles. The van der Waals surface area contributed by atoms with Crippen LogP contribution in [0.4, 0.5) is 0 Å². The first kappa shape index (κ1) is 15.2. The van der Waals surface area contributed by atoms with E-state index in [1.165, 1.54) is 4.90 Å². The Bertz CT molecular complexity index is 614. The lowest BCUT2D eigenvalue weighted by Crippen LogP contribution is -2.20. The number of amides is 1. The highest BCUT2D eigenvalue weighted by atomic mass is 16.5. The van der Waals surface area contributed by atoms with E-state index in [-0.39, 0.29) is 5.91 Å². The molecule has 0 saturated heterocycles. The van der Waals surface area contributed by atoms with Gasteiger partial charge < -0.3 is 14.1 Å². The van der Waals surface area contributed by atoms with E-state index in [1.54, 1.807) is 26.2 Å². The molecule has 4 nitrogen and oxygen atoms in total. The molecule has 2 rings (SSSR count). The summed E-state index contributed by atoms with van der Waals surface area (Å²) in [6.45, 7) is 4.84. The summed E-state index contributed by atoms with van der Waals surface area (Å²) in [5.74, 6) is 2.03. The minimum atomic E-state index is -0.151. The highest BCUT2D eigenvalue weighted by Crippen LogP contribution is 2.31. The molecule has 1 amide bonds. The van der Waals surface area contributed by atoms with Gasteiger partial charge in [-0.25, -0.2) is 0 Å². The molecule has 1 heterocycles. The Morgan fingerprint density at radius 1 is 1.19 bits per heavy atom. The molecule has 0 bridgehead atoms. The second-order valence-corrected chi connectivity index (χ2v) is 5.56. The van der Waals surface area contributed by atoms with Crippen LogP contribution in [0.3, 0.4) is 0 Å². The summed E-state index contributed by atoms with van der Waals surface area (Å²) in [6.07, 6.45) is 0. The number of para-hydroxylation sites is 1. The summed E-state index contributed by atoms with van der Waals surface area (Å²) in [5, 5.41) is 0. The Morgan fingerprint density at radius 3 is 2.57 bits per heavy atom. The maximum atomic E-state index is 11.9. The van der Waals surface area contributed by atoms with Crippen LogP contribution < -0.4 is 4.74 Å². The van der Waals surface area contributed by atoms with Crippen molar-refractivity contribution in [2.45, 2.75) is 13.8 Å². The third kappa shape index (κ3) is 3.66. The Kier molecular flexibility index (Phi) is 4.68. The molecule has 2 aromatic rings. The van der Waals surface area contributed by atoms with Gasteiger partial charge in [0.1, 0.15) is 11.5 Å². The van der Waals surface area contributed by atoms with Crippen LogP contribution in [0.25, 0.3) is 11.3 Å². The summed E-state index contributed by atoms with van der Waals surface area (Å²) in [7, 11) is 3.40. The fourth-order valence-corrected chi connectivity index (χ4v) is 1.87. The minimum absolute atomic E-state index is 0.151. The minimum Gasteiger partial charge on any atom is -0.493 e. The molecule has 0 atom stereocenters. The Balaban J connectivity index is 2.28. The van der Waals surface area contributed by atoms with Crippen LogP contribution >= 0.6 is 0 Å². The van der Waals surface area contributed by atoms with Crippen LogP contribution in [0.1, 0.15) is 24.4 Å². The highest BCUT2D eigenvalue weighted by Gasteiger charge is 2.16. The van der Waals surface area contributed by atoms with E-state index in [2.05, 4.69) is 13.8 Å². The van der Waals surface area contributed by atoms with Gasteiger partial charge >= 0.3 is 0 Å². The van der Waals surface area contributed by atoms with Crippen molar-refractivity contribution in [2.75, 3.05) is 20.7 Å². The molecule has 4 heteroatoms. The number of ether oxygens (including phenoxy) is 1. The first-order valence-electron chi connectivity index (χ1n) is 7.02. The lowest BCUT2D eigenvalue weighted by Gasteiger charge is -2.12. The molecule has 0 spiro atoms. The van der Waals surface area contributed by atoms with Gasteiger partial charge in [-0.15, -0.1) is 0 Å². The zero-order chi connectivity index (χ0) is 15.4. The lowest BCUT2D eigenvalue weighted by molar-refractivity contribution is 0.0797. The number of nitrogens with zero attached hydrogens (tertiary/aromatic N) is 1. The van der Waals surface area contributed by atoms with E-state index >= 15 is 0 Å². The van der Waals surface area contributed by atoms with Crippen molar-refractivity contribution in [1.29, 1.82) is 0 Å². The molecule has 0 radical (unpaired) electrons. The molecule has 0 N–H and O–H groups in total. The third-order valence-corrected chi connectivity index (χ3v) is 2.95. The van der Waals surface area contributed by atoms with Crippen molar-refractivity contribution in [1.82, 2.24) is 4.90 Å². The van der Waals surface area contributed by atoms with E-state index in [4.69, 9.17) is 9.15 Å². The van der Waals surface area contributed by atoms with E-state index < -0.39 is 0 Å². The molecule has 0 fully saturated rings. The summed E-state index contributed by atoms with van der Waals surface area (Å²) < 4.78 is 11.5. The van der Waals surface area contributed by atoms with Gasteiger partial charge in [0.25, 0.3) is 5.91 Å². The quantitative estimate of drug-likeness (QED) is 0.842. The number of rotatable bonds is 5. The molecule has 0 aliphatic rings. The number of hydrogen-bond acceptors (Lipinski definition) is 3. The van der Waals surface area contributed by atoms with Gasteiger partial charge in [0.15, 0.2) is 5.76 Å². The molecule has 0 aliphatic heterocycles. The van der Waals surface area contributed by atoms with Crippen LogP contribution in [0.5, 0.6) is 5.75 Å². The van der Waals surface area contributed by atoms with Crippen LogP contribution in [0, 0.1) is 5.92 Å². The number of benzene rings is 1. The normalized spacial score (nSPS) is 10.7. The predicted octanol–water partition coefficient (Wildman–Crippen LogP) is 3.68.